The van der Waals surface area contributed by atoms with E-state index < -0.39 is 0 Å². The predicted molar refractivity (Wildman–Crippen MR) is 58.2 cm³/mol. The lowest BCUT2D eigenvalue weighted by molar-refractivity contribution is -0.120. The summed E-state index contributed by atoms with van der Waals surface area (Å²) in [5, 5.41) is 3.01. The number of unbranched alkanes of at least 4 members (excludes halogenated alkanes) is 1. The quantitative estimate of drug-likeness (QED) is 0.740. The summed E-state index contributed by atoms with van der Waals surface area (Å²) in [6.45, 7) is 7.25. The molecular formula is C11H22N2O. The molecule has 1 amide bonds. The molecule has 3 nitrogen and oxygen atoms in total. The molecule has 0 bridgehead atoms. The first-order chi connectivity index (χ1) is 6.72. The largest absolute Gasteiger partial charge is 0.352 e. The lowest BCUT2D eigenvalue weighted by Crippen LogP contribution is -2.47. The number of carbonyl (C=O) groups is 1. The van der Waals surface area contributed by atoms with Crippen LogP contribution in [0.25, 0.3) is 0 Å². The van der Waals surface area contributed by atoms with Gasteiger partial charge in [-0.1, -0.05) is 13.3 Å². The summed E-state index contributed by atoms with van der Waals surface area (Å²) < 4.78 is 0. The summed E-state index contributed by atoms with van der Waals surface area (Å²) in [6, 6.07) is 0.387. The van der Waals surface area contributed by atoms with Crippen molar-refractivity contribution in [2.24, 2.45) is 0 Å². The molecule has 0 aromatic carbocycles. The van der Waals surface area contributed by atoms with Crippen molar-refractivity contribution >= 4 is 5.91 Å². The van der Waals surface area contributed by atoms with Gasteiger partial charge in [-0.3, -0.25) is 4.79 Å². The van der Waals surface area contributed by atoms with Gasteiger partial charge in [0.1, 0.15) is 0 Å². The molecule has 14 heavy (non-hydrogen) atoms. The Labute approximate surface area is 86.9 Å². The predicted octanol–water partition coefficient (Wildman–Crippen LogP) is 1.39. The number of nitrogens with one attached hydrogen (secondary N) is 1. The van der Waals surface area contributed by atoms with E-state index in [0.717, 1.165) is 13.0 Å². The molecule has 0 aliphatic carbocycles. The zero-order chi connectivity index (χ0) is 10.4. The van der Waals surface area contributed by atoms with E-state index in [9.17, 15) is 4.79 Å². The van der Waals surface area contributed by atoms with Gasteiger partial charge in [0.2, 0.25) is 5.91 Å². The van der Waals surface area contributed by atoms with Gasteiger partial charge in [-0.15, -0.1) is 0 Å². The zero-order valence-corrected chi connectivity index (χ0v) is 9.38. The summed E-state index contributed by atoms with van der Waals surface area (Å²) in [5.74, 6) is 0.104. The lowest BCUT2D eigenvalue weighted by atomic mass is 10.1. The van der Waals surface area contributed by atoms with Crippen molar-refractivity contribution in [2.45, 2.75) is 45.6 Å². The van der Waals surface area contributed by atoms with Crippen LogP contribution in [0.3, 0.4) is 0 Å². The maximum Gasteiger partial charge on any atom is 0.217 e. The van der Waals surface area contributed by atoms with Crippen molar-refractivity contribution in [1.29, 1.82) is 0 Å². The van der Waals surface area contributed by atoms with Gasteiger partial charge in [-0.2, -0.15) is 0 Å². The van der Waals surface area contributed by atoms with Crippen LogP contribution in [0.2, 0.25) is 0 Å². The first kappa shape index (κ1) is 11.5. The fourth-order valence-corrected chi connectivity index (χ4v) is 2.05. The standard InChI is InChI=1S/C11H22N2O/c1-3-4-7-13-8-5-6-11(9-13)12-10(2)14/h11H,3-9H2,1-2H3,(H,12,14). The van der Waals surface area contributed by atoms with Crippen LogP contribution in [0.15, 0.2) is 0 Å². The molecule has 1 fully saturated rings. The minimum absolute atomic E-state index is 0.104. The highest BCUT2D eigenvalue weighted by atomic mass is 16.1. The zero-order valence-electron chi connectivity index (χ0n) is 9.38. The summed E-state index contributed by atoms with van der Waals surface area (Å²) in [5.41, 5.74) is 0. The third-order valence-corrected chi connectivity index (χ3v) is 2.74. The Kier molecular flexibility index (Phi) is 4.94. The van der Waals surface area contributed by atoms with E-state index in [1.165, 1.54) is 32.4 Å². The number of amides is 1. The van der Waals surface area contributed by atoms with Crippen molar-refractivity contribution in [1.82, 2.24) is 10.2 Å². The van der Waals surface area contributed by atoms with E-state index in [1.54, 1.807) is 6.92 Å². The monoisotopic (exact) mass is 198 g/mol. The minimum atomic E-state index is 0.104. The molecule has 82 valence electrons. The molecule has 0 radical (unpaired) electrons. The molecule has 1 N–H and O–H groups in total. The SMILES string of the molecule is CCCCN1CCCC(NC(C)=O)C1. The first-order valence-electron chi connectivity index (χ1n) is 5.72. The van der Waals surface area contributed by atoms with Gasteiger partial charge in [0, 0.05) is 19.5 Å². The van der Waals surface area contributed by atoms with Crippen LogP contribution in [0, 0.1) is 0 Å². The first-order valence-corrected chi connectivity index (χ1v) is 5.72. The summed E-state index contributed by atoms with van der Waals surface area (Å²) in [4.78, 5) is 13.4. The van der Waals surface area contributed by atoms with Crippen LogP contribution >= 0.6 is 0 Å². The van der Waals surface area contributed by atoms with Gasteiger partial charge in [-0.25, -0.2) is 0 Å². The molecule has 0 saturated carbocycles. The van der Waals surface area contributed by atoms with Gasteiger partial charge in [0.15, 0.2) is 0 Å². The number of rotatable bonds is 4. The van der Waals surface area contributed by atoms with Crippen LogP contribution in [-0.2, 0) is 4.79 Å². The molecule has 3 heteroatoms. The van der Waals surface area contributed by atoms with E-state index >= 15 is 0 Å². The molecule has 0 aromatic rings. The van der Waals surface area contributed by atoms with Crippen LogP contribution in [0.5, 0.6) is 0 Å². The Morgan fingerprint density at radius 1 is 1.57 bits per heavy atom. The topological polar surface area (TPSA) is 32.3 Å². The Morgan fingerprint density at radius 3 is 3.00 bits per heavy atom. The highest BCUT2D eigenvalue weighted by Crippen LogP contribution is 2.10. The number of hydrogen-bond donors (Lipinski definition) is 1. The Bertz CT molecular complexity index is 182. The van der Waals surface area contributed by atoms with Gasteiger partial charge >= 0.3 is 0 Å². The molecule has 1 heterocycles. The van der Waals surface area contributed by atoms with E-state index in [4.69, 9.17) is 0 Å². The molecule has 0 spiro atoms. The Morgan fingerprint density at radius 2 is 2.36 bits per heavy atom. The highest BCUT2D eigenvalue weighted by molar-refractivity contribution is 5.73. The molecular weight excluding hydrogens is 176 g/mol. The van der Waals surface area contributed by atoms with Gasteiger partial charge in [0.05, 0.1) is 0 Å². The number of hydrogen-bond acceptors (Lipinski definition) is 2. The second kappa shape index (κ2) is 6.02. The smallest absolute Gasteiger partial charge is 0.217 e. The second-order valence-corrected chi connectivity index (χ2v) is 4.19. The van der Waals surface area contributed by atoms with Crippen LogP contribution in [0.4, 0.5) is 0 Å². The van der Waals surface area contributed by atoms with Crippen molar-refractivity contribution < 1.29 is 4.79 Å². The minimum Gasteiger partial charge on any atom is -0.352 e. The van der Waals surface area contributed by atoms with Crippen molar-refractivity contribution in [3.8, 4) is 0 Å². The van der Waals surface area contributed by atoms with E-state index in [-0.39, 0.29) is 5.91 Å². The number of likely N-dealkylation sites (tertiary alicyclic amines) is 1. The van der Waals surface area contributed by atoms with E-state index in [2.05, 4.69) is 17.1 Å². The van der Waals surface area contributed by atoms with Crippen LogP contribution < -0.4 is 5.32 Å². The average Bonchev–Trinajstić information content (AvgIpc) is 2.14. The number of carbonyl (C=O) groups excluding carboxylic acids is 1. The lowest BCUT2D eigenvalue weighted by Gasteiger charge is -2.32. The van der Waals surface area contributed by atoms with Crippen LogP contribution in [-0.4, -0.2) is 36.5 Å². The third-order valence-electron chi connectivity index (χ3n) is 2.74. The third kappa shape index (κ3) is 4.09. The molecule has 1 atom stereocenters. The summed E-state index contributed by atoms with van der Waals surface area (Å²) >= 11 is 0. The van der Waals surface area contributed by atoms with Crippen LogP contribution in [0.1, 0.15) is 39.5 Å². The number of nitrogens with zero attached hydrogens (tertiary/aromatic N) is 1. The maximum atomic E-state index is 10.9. The fraction of sp³-hybridized carbons (Fsp3) is 0.909. The normalized spacial score (nSPS) is 23.4. The maximum absolute atomic E-state index is 10.9. The number of piperidine rings is 1. The molecule has 1 unspecified atom stereocenters. The summed E-state index contributed by atoms with van der Waals surface area (Å²) in [6.07, 6.45) is 4.88. The summed E-state index contributed by atoms with van der Waals surface area (Å²) in [7, 11) is 0. The highest BCUT2D eigenvalue weighted by Gasteiger charge is 2.19. The van der Waals surface area contributed by atoms with Crippen molar-refractivity contribution in [3.63, 3.8) is 0 Å². The van der Waals surface area contributed by atoms with E-state index in [1.807, 2.05) is 0 Å². The van der Waals surface area contributed by atoms with Crippen molar-refractivity contribution in [2.75, 3.05) is 19.6 Å². The van der Waals surface area contributed by atoms with Crippen molar-refractivity contribution in [3.05, 3.63) is 0 Å². The average molecular weight is 198 g/mol. The van der Waals surface area contributed by atoms with Gasteiger partial charge in [0.25, 0.3) is 0 Å². The molecule has 0 aromatic heterocycles. The Hall–Kier alpha value is -0.570. The van der Waals surface area contributed by atoms with Gasteiger partial charge in [-0.05, 0) is 32.4 Å². The molecule has 1 aliphatic heterocycles. The van der Waals surface area contributed by atoms with E-state index in [0.29, 0.717) is 6.04 Å². The second-order valence-electron chi connectivity index (χ2n) is 4.19. The Balaban J connectivity index is 2.24. The van der Waals surface area contributed by atoms with Gasteiger partial charge < -0.3 is 10.2 Å². The molecule has 1 aliphatic rings. The molecule has 1 rings (SSSR count). The fourth-order valence-electron chi connectivity index (χ4n) is 2.05. The molecule has 1 saturated heterocycles.